The van der Waals surface area contributed by atoms with Gasteiger partial charge in [-0.3, -0.25) is 0 Å². The van der Waals surface area contributed by atoms with E-state index < -0.39 is 0 Å². The zero-order valence-electron chi connectivity index (χ0n) is 9.90. The van der Waals surface area contributed by atoms with Gasteiger partial charge in [-0.2, -0.15) is 4.98 Å². The second-order valence-electron chi connectivity index (χ2n) is 4.47. The van der Waals surface area contributed by atoms with Crippen LogP contribution in [0.25, 0.3) is 11.5 Å². The molecule has 1 N–H and O–H groups in total. The van der Waals surface area contributed by atoms with Crippen molar-refractivity contribution in [1.29, 1.82) is 0 Å². The van der Waals surface area contributed by atoms with Crippen molar-refractivity contribution in [2.75, 3.05) is 6.54 Å². The first-order valence-electron chi connectivity index (χ1n) is 6.16. The van der Waals surface area contributed by atoms with E-state index in [1.165, 1.54) is 16.4 Å². The Kier molecular flexibility index (Phi) is 3.60. The van der Waals surface area contributed by atoms with Crippen LogP contribution in [0.15, 0.2) is 28.8 Å². The number of benzene rings is 1. The largest absolute Gasteiger partial charge is 0.334 e. The van der Waals surface area contributed by atoms with Gasteiger partial charge in [0.05, 0.1) is 6.04 Å². The predicted molar refractivity (Wildman–Crippen MR) is 77.0 cm³/mol. The average molecular weight is 355 g/mol. The first-order valence-corrected chi connectivity index (χ1v) is 7.24. The molecular formula is C13H14IN3O. The van der Waals surface area contributed by atoms with Gasteiger partial charge in [0.25, 0.3) is 5.89 Å². The minimum Gasteiger partial charge on any atom is -0.334 e. The van der Waals surface area contributed by atoms with E-state index >= 15 is 0 Å². The molecule has 4 nitrogen and oxygen atoms in total. The maximum absolute atomic E-state index is 5.35. The Bertz CT molecular complexity index is 535. The number of piperidine rings is 1. The number of rotatable bonds is 2. The maximum Gasteiger partial charge on any atom is 0.258 e. The van der Waals surface area contributed by atoms with Gasteiger partial charge in [-0.25, -0.2) is 0 Å². The van der Waals surface area contributed by atoms with Crippen molar-refractivity contribution in [3.05, 3.63) is 33.7 Å². The molecule has 1 unspecified atom stereocenters. The molecule has 0 radical (unpaired) electrons. The molecule has 2 heterocycles. The summed E-state index contributed by atoms with van der Waals surface area (Å²) in [5, 5.41) is 7.52. The van der Waals surface area contributed by atoms with Crippen molar-refractivity contribution in [2.45, 2.75) is 25.3 Å². The number of nitrogens with one attached hydrogen (secondary N) is 1. The third-order valence-corrected chi connectivity index (χ3v) is 3.81. The lowest BCUT2D eigenvalue weighted by molar-refractivity contribution is 0.367. The van der Waals surface area contributed by atoms with Crippen molar-refractivity contribution in [2.24, 2.45) is 0 Å². The van der Waals surface area contributed by atoms with Gasteiger partial charge in [0.2, 0.25) is 0 Å². The van der Waals surface area contributed by atoms with Crippen LogP contribution < -0.4 is 5.32 Å². The predicted octanol–water partition coefficient (Wildman–Crippen LogP) is 3.16. The molecule has 5 heteroatoms. The molecule has 3 rings (SSSR count). The molecule has 0 bridgehead atoms. The normalized spacial score (nSPS) is 19.9. The highest BCUT2D eigenvalue weighted by Gasteiger charge is 2.20. The summed E-state index contributed by atoms with van der Waals surface area (Å²) in [7, 11) is 0. The Hall–Kier alpha value is -0.950. The topological polar surface area (TPSA) is 51.0 Å². The van der Waals surface area contributed by atoms with Gasteiger partial charge < -0.3 is 9.84 Å². The van der Waals surface area contributed by atoms with E-state index in [0.717, 1.165) is 24.4 Å². The Labute approximate surface area is 119 Å². The van der Waals surface area contributed by atoms with Crippen LogP contribution in [0.3, 0.4) is 0 Å². The molecule has 0 spiro atoms. The molecule has 0 aliphatic carbocycles. The van der Waals surface area contributed by atoms with E-state index in [2.05, 4.69) is 38.0 Å². The van der Waals surface area contributed by atoms with E-state index in [9.17, 15) is 0 Å². The number of hydrogen-bond donors (Lipinski definition) is 1. The number of hydrogen-bond acceptors (Lipinski definition) is 4. The van der Waals surface area contributed by atoms with Crippen LogP contribution in [0, 0.1) is 3.57 Å². The fraction of sp³-hybridized carbons (Fsp3) is 0.385. The summed E-state index contributed by atoms with van der Waals surface area (Å²) in [6.45, 7) is 1.04. The van der Waals surface area contributed by atoms with Gasteiger partial charge in [-0.15, -0.1) is 0 Å². The molecule has 1 aliphatic rings. The van der Waals surface area contributed by atoms with Crippen LogP contribution in [0.5, 0.6) is 0 Å². The molecule has 0 saturated carbocycles. The molecule has 1 aromatic carbocycles. The molecule has 1 aromatic heterocycles. The molecule has 0 amide bonds. The van der Waals surface area contributed by atoms with Gasteiger partial charge in [0.1, 0.15) is 0 Å². The van der Waals surface area contributed by atoms with E-state index in [1.807, 2.05) is 24.3 Å². The summed E-state index contributed by atoms with van der Waals surface area (Å²) in [6.07, 6.45) is 3.55. The quantitative estimate of drug-likeness (QED) is 0.841. The molecular weight excluding hydrogens is 341 g/mol. The summed E-state index contributed by atoms with van der Waals surface area (Å²) in [5.41, 5.74) is 0.983. The Morgan fingerprint density at radius 2 is 2.28 bits per heavy atom. The molecule has 94 valence electrons. The van der Waals surface area contributed by atoms with Gasteiger partial charge in [0.15, 0.2) is 5.82 Å². The summed E-state index contributed by atoms with van der Waals surface area (Å²) in [4.78, 5) is 4.50. The molecule has 1 atom stereocenters. The molecule has 1 saturated heterocycles. The van der Waals surface area contributed by atoms with E-state index in [1.54, 1.807) is 0 Å². The molecule has 2 aromatic rings. The Morgan fingerprint density at radius 1 is 1.33 bits per heavy atom. The highest BCUT2D eigenvalue weighted by molar-refractivity contribution is 14.1. The van der Waals surface area contributed by atoms with E-state index in [4.69, 9.17) is 4.52 Å². The van der Waals surface area contributed by atoms with Crippen LogP contribution in [0.1, 0.15) is 31.1 Å². The fourth-order valence-corrected chi connectivity index (χ4v) is 2.73. The lowest BCUT2D eigenvalue weighted by atomic mass is 10.0. The van der Waals surface area contributed by atoms with Gasteiger partial charge in [-0.05, 0) is 60.2 Å². The number of aromatic nitrogens is 2. The van der Waals surface area contributed by atoms with Crippen LogP contribution in [0.4, 0.5) is 0 Å². The molecule has 1 aliphatic heterocycles. The highest BCUT2D eigenvalue weighted by Crippen LogP contribution is 2.24. The summed E-state index contributed by atoms with van der Waals surface area (Å²) in [6, 6.07) is 8.34. The van der Waals surface area contributed by atoms with Crippen molar-refractivity contribution in [3.63, 3.8) is 0 Å². The second kappa shape index (κ2) is 5.36. The van der Waals surface area contributed by atoms with Crippen molar-refractivity contribution in [1.82, 2.24) is 15.5 Å². The van der Waals surface area contributed by atoms with Crippen molar-refractivity contribution in [3.8, 4) is 11.5 Å². The van der Waals surface area contributed by atoms with Crippen molar-refractivity contribution < 1.29 is 4.52 Å². The monoisotopic (exact) mass is 355 g/mol. The maximum atomic E-state index is 5.35. The van der Waals surface area contributed by atoms with Crippen LogP contribution in [-0.2, 0) is 0 Å². The smallest absolute Gasteiger partial charge is 0.258 e. The van der Waals surface area contributed by atoms with Crippen molar-refractivity contribution >= 4 is 22.6 Å². The molecule has 1 fully saturated rings. The fourth-order valence-electron chi connectivity index (χ4n) is 2.19. The van der Waals surface area contributed by atoms with Gasteiger partial charge in [0, 0.05) is 9.13 Å². The van der Waals surface area contributed by atoms with Gasteiger partial charge in [-0.1, -0.05) is 17.6 Å². The Morgan fingerprint density at radius 3 is 3.06 bits per heavy atom. The highest BCUT2D eigenvalue weighted by atomic mass is 127. The third kappa shape index (κ3) is 2.56. The first kappa shape index (κ1) is 12.1. The van der Waals surface area contributed by atoms with Crippen LogP contribution in [-0.4, -0.2) is 16.7 Å². The molecule has 18 heavy (non-hydrogen) atoms. The standard InChI is InChI=1S/C13H14IN3O/c14-10-5-3-4-9(8-10)13-16-12(17-18-13)11-6-1-2-7-15-11/h3-5,8,11,15H,1-2,6-7H2. The van der Waals surface area contributed by atoms with E-state index in [-0.39, 0.29) is 6.04 Å². The van der Waals surface area contributed by atoms with E-state index in [0.29, 0.717) is 5.89 Å². The third-order valence-electron chi connectivity index (χ3n) is 3.14. The van der Waals surface area contributed by atoms with Crippen LogP contribution >= 0.6 is 22.6 Å². The Balaban J connectivity index is 1.84. The summed E-state index contributed by atoms with van der Waals surface area (Å²) >= 11 is 2.28. The number of halogens is 1. The lowest BCUT2D eigenvalue weighted by Gasteiger charge is -2.19. The van der Waals surface area contributed by atoms with Gasteiger partial charge >= 0.3 is 0 Å². The zero-order chi connectivity index (χ0) is 12.4. The number of nitrogens with zero attached hydrogens (tertiary/aromatic N) is 2. The first-order chi connectivity index (χ1) is 8.83. The minimum absolute atomic E-state index is 0.249. The summed E-state index contributed by atoms with van der Waals surface area (Å²) < 4.78 is 6.52. The van der Waals surface area contributed by atoms with Crippen LogP contribution in [0.2, 0.25) is 0 Å². The second-order valence-corrected chi connectivity index (χ2v) is 5.72. The summed E-state index contributed by atoms with van der Waals surface area (Å²) in [5.74, 6) is 1.39. The minimum atomic E-state index is 0.249. The SMILES string of the molecule is Ic1cccc(-c2nc(C3CCCCN3)no2)c1. The average Bonchev–Trinajstić information content (AvgIpc) is 2.89. The lowest BCUT2D eigenvalue weighted by Crippen LogP contribution is -2.27. The zero-order valence-corrected chi connectivity index (χ0v) is 12.1.